The summed E-state index contributed by atoms with van der Waals surface area (Å²) in [6, 6.07) is 16.8. The molecule has 3 aromatic carbocycles. The van der Waals surface area contributed by atoms with Crippen LogP contribution in [-0.2, 0) is 14.3 Å². The van der Waals surface area contributed by atoms with Gasteiger partial charge < -0.3 is 25.4 Å². The SMILES string of the molecule is Cc1ccc(C(C(=O)Nc2ccc3ccccc3c2)N(C(=O)C(CO)NC(=O)OC(C)(C)C)C2CC2C)c(C)c1. The largest absolute Gasteiger partial charge is 0.444 e. The molecule has 0 heterocycles. The number of carbonyl (C=O) groups is 3. The van der Waals surface area contributed by atoms with Crippen LogP contribution in [-0.4, -0.2) is 52.2 Å². The van der Waals surface area contributed by atoms with Gasteiger partial charge in [-0.2, -0.15) is 0 Å². The molecular formula is C32H39N3O5. The number of alkyl carbamates (subject to hydrolysis) is 1. The predicted octanol–water partition coefficient (Wildman–Crippen LogP) is 5.26. The number of amides is 3. The molecule has 1 fully saturated rings. The molecule has 0 aliphatic heterocycles. The van der Waals surface area contributed by atoms with Gasteiger partial charge in [0.25, 0.3) is 5.91 Å². The third kappa shape index (κ3) is 6.80. The van der Waals surface area contributed by atoms with E-state index in [1.165, 1.54) is 4.90 Å². The fraction of sp³-hybridized carbons (Fsp3) is 0.406. The van der Waals surface area contributed by atoms with Crippen LogP contribution in [0.15, 0.2) is 60.7 Å². The van der Waals surface area contributed by atoms with Crippen molar-refractivity contribution in [3.63, 3.8) is 0 Å². The Morgan fingerprint density at radius 3 is 2.30 bits per heavy atom. The lowest BCUT2D eigenvalue weighted by atomic mass is 9.96. The van der Waals surface area contributed by atoms with Gasteiger partial charge in [-0.15, -0.1) is 0 Å². The Morgan fingerprint density at radius 1 is 1.02 bits per heavy atom. The predicted molar refractivity (Wildman–Crippen MR) is 156 cm³/mol. The van der Waals surface area contributed by atoms with Gasteiger partial charge in [0.2, 0.25) is 5.91 Å². The zero-order valence-electron chi connectivity index (χ0n) is 24.0. The van der Waals surface area contributed by atoms with E-state index in [1.807, 2.05) is 81.4 Å². The lowest BCUT2D eigenvalue weighted by Crippen LogP contribution is -2.54. The van der Waals surface area contributed by atoms with Crippen LogP contribution in [0.1, 0.15) is 56.8 Å². The first-order chi connectivity index (χ1) is 18.9. The van der Waals surface area contributed by atoms with Crippen molar-refractivity contribution in [3.8, 4) is 0 Å². The van der Waals surface area contributed by atoms with Crippen LogP contribution in [0.5, 0.6) is 0 Å². The maximum atomic E-state index is 14.1. The molecule has 4 rings (SSSR count). The molecule has 3 amide bonds. The van der Waals surface area contributed by atoms with Gasteiger partial charge in [0, 0.05) is 11.7 Å². The summed E-state index contributed by atoms with van der Waals surface area (Å²) in [5, 5.41) is 17.7. The molecule has 4 unspecified atom stereocenters. The highest BCUT2D eigenvalue weighted by Crippen LogP contribution is 2.41. The number of rotatable bonds is 8. The number of nitrogens with zero attached hydrogens (tertiary/aromatic N) is 1. The number of aliphatic hydroxyl groups excluding tert-OH is 1. The van der Waals surface area contributed by atoms with Crippen LogP contribution in [0.25, 0.3) is 10.8 Å². The number of aliphatic hydroxyl groups is 1. The number of hydrogen-bond donors (Lipinski definition) is 3. The van der Waals surface area contributed by atoms with Crippen molar-refractivity contribution < 1.29 is 24.2 Å². The molecule has 212 valence electrons. The number of carbonyl (C=O) groups excluding carboxylic acids is 3. The fourth-order valence-electron chi connectivity index (χ4n) is 5.01. The first-order valence-electron chi connectivity index (χ1n) is 13.7. The molecule has 1 aliphatic rings. The van der Waals surface area contributed by atoms with Gasteiger partial charge in [-0.3, -0.25) is 9.59 Å². The van der Waals surface area contributed by atoms with Crippen molar-refractivity contribution in [1.29, 1.82) is 0 Å². The molecule has 0 aromatic heterocycles. The summed E-state index contributed by atoms with van der Waals surface area (Å²) in [6.45, 7) is 10.4. The van der Waals surface area contributed by atoms with Crippen molar-refractivity contribution in [2.24, 2.45) is 5.92 Å². The van der Waals surface area contributed by atoms with Crippen molar-refractivity contribution in [3.05, 3.63) is 77.4 Å². The first kappa shape index (κ1) is 29.1. The van der Waals surface area contributed by atoms with Gasteiger partial charge in [-0.25, -0.2) is 4.79 Å². The number of hydrogen-bond acceptors (Lipinski definition) is 5. The molecule has 0 bridgehead atoms. The molecule has 0 radical (unpaired) electrons. The van der Waals surface area contributed by atoms with Crippen molar-refractivity contribution in [1.82, 2.24) is 10.2 Å². The van der Waals surface area contributed by atoms with Crippen LogP contribution in [0, 0.1) is 19.8 Å². The van der Waals surface area contributed by atoms with Gasteiger partial charge in [-0.05, 0) is 81.0 Å². The maximum absolute atomic E-state index is 14.1. The molecule has 4 atom stereocenters. The first-order valence-corrected chi connectivity index (χ1v) is 13.7. The number of benzene rings is 3. The minimum absolute atomic E-state index is 0.159. The highest BCUT2D eigenvalue weighted by molar-refractivity contribution is 6.00. The molecule has 8 heteroatoms. The third-order valence-corrected chi connectivity index (χ3v) is 7.11. The summed E-state index contributed by atoms with van der Waals surface area (Å²) in [4.78, 5) is 42.2. The van der Waals surface area contributed by atoms with E-state index in [2.05, 4.69) is 10.6 Å². The van der Waals surface area contributed by atoms with Gasteiger partial charge in [-0.1, -0.05) is 61.0 Å². The number of fused-ring (bicyclic) bond motifs is 1. The average molecular weight is 546 g/mol. The Balaban J connectivity index is 1.72. The lowest BCUT2D eigenvalue weighted by Gasteiger charge is -2.35. The van der Waals surface area contributed by atoms with Gasteiger partial charge in [0.05, 0.1) is 6.61 Å². The van der Waals surface area contributed by atoms with E-state index in [0.29, 0.717) is 17.7 Å². The van der Waals surface area contributed by atoms with E-state index >= 15 is 0 Å². The smallest absolute Gasteiger partial charge is 0.408 e. The van der Waals surface area contributed by atoms with E-state index in [1.54, 1.807) is 20.8 Å². The second-order valence-electron chi connectivity index (χ2n) is 11.7. The van der Waals surface area contributed by atoms with Crippen LogP contribution < -0.4 is 10.6 Å². The zero-order valence-corrected chi connectivity index (χ0v) is 24.0. The number of ether oxygens (including phenoxy) is 1. The Morgan fingerprint density at radius 2 is 1.70 bits per heavy atom. The van der Waals surface area contributed by atoms with Crippen LogP contribution in [0.3, 0.4) is 0 Å². The Bertz CT molecular complexity index is 1410. The summed E-state index contributed by atoms with van der Waals surface area (Å²) in [5.41, 5.74) is 2.42. The molecular weight excluding hydrogens is 506 g/mol. The molecule has 8 nitrogen and oxygen atoms in total. The van der Waals surface area contributed by atoms with Crippen molar-refractivity contribution in [2.75, 3.05) is 11.9 Å². The average Bonchev–Trinajstić information content (AvgIpc) is 3.60. The summed E-state index contributed by atoms with van der Waals surface area (Å²) >= 11 is 0. The van der Waals surface area contributed by atoms with Crippen LogP contribution >= 0.6 is 0 Å². The van der Waals surface area contributed by atoms with Crippen molar-refractivity contribution in [2.45, 2.75) is 71.7 Å². The Hall–Kier alpha value is -3.91. The minimum Gasteiger partial charge on any atom is -0.444 e. The van der Waals surface area contributed by atoms with Gasteiger partial charge >= 0.3 is 6.09 Å². The van der Waals surface area contributed by atoms with E-state index in [4.69, 9.17) is 4.74 Å². The number of aryl methyl sites for hydroxylation is 2. The fourth-order valence-corrected chi connectivity index (χ4v) is 5.01. The highest BCUT2D eigenvalue weighted by atomic mass is 16.6. The van der Waals surface area contributed by atoms with E-state index in [-0.39, 0.29) is 17.9 Å². The van der Waals surface area contributed by atoms with Gasteiger partial charge in [0.1, 0.15) is 17.7 Å². The topological polar surface area (TPSA) is 108 Å². The molecule has 1 saturated carbocycles. The summed E-state index contributed by atoms with van der Waals surface area (Å²) in [6.07, 6.45) is -0.103. The summed E-state index contributed by atoms with van der Waals surface area (Å²) in [7, 11) is 0. The minimum atomic E-state index is -1.27. The van der Waals surface area contributed by atoms with Gasteiger partial charge in [0.15, 0.2) is 0 Å². The lowest BCUT2D eigenvalue weighted by molar-refractivity contribution is -0.142. The highest BCUT2D eigenvalue weighted by Gasteiger charge is 2.48. The van der Waals surface area contributed by atoms with E-state index in [0.717, 1.165) is 21.9 Å². The molecule has 3 N–H and O–H groups in total. The summed E-state index contributed by atoms with van der Waals surface area (Å²) < 4.78 is 5.32. The Kier molecular flexibility index (Phi) is 8.49. The molecule has 0 spiro atoms. The van der Waals surface area contributed by atoms with Crippen LogP contribution in [0.4, 0.5) is 10.5 Å². The molecule has 1 aliphatic carbocycles. The van der Waals surface area contributed by atoms with E-state index in [9.17, 15) is 19.5 Å². The summed E-state index contributed by atoms with van der Waals surface area (Å²) in [5.74, 6) is -0.753. The zero-order chi connectivity index (χ0) is 29.2. The van der Waals surface area contributed by atoms with Crippen LogP contribution in [0.2, 0.25) is 0 Å². The monoisotopic (exact) mass is 545 g/mol. The van der Waals surface area contributed by atoms with Crippen molar-refractivity contribution >= 4 is 34.4 Å². The van der Waals surface area contributed by atoms with E-state index < -0.39 is 36.3 Å². The third-order valence-electron chi connectivity index (χ3n) is 7.11. The number of anilines is 1. The standard InChI is InChI=1S/C32H39N3O5/c1-19-11-14-25(20(2)15-19)28(29(37)33-24-13-12-22-9-7-8-10-23(22)17-24)35(27-16-21(27)3)30(38)26(18-36)34-31(39)40-32(4,5)6/h7-15,17,21,26-28,36H,16,18H2,1-6H3,(H,33,37)(H,34,39). The quantitative estimate of drug-likeness (QED) is 0.358. The normalized spacial score (nSPS) is 18.0. The molecule has 40 heavy (non-hydrogen) atoms. The second kappa shape index (κ2) is 11.7. The maximum Gasteiger partial charge on any atom is 0.408 e. The number of nitrogens with one attached hydrogen (secondary N) is 2. The second-order valence-corrected chi connectivity index (χ2v) is 11.7. The molecule has 3 aromatic rings. The molecule has 0 saturated heterocycles. The Labute approximate surface area is 235 Å².